The molecule has 4 aromatic rings. The average molecular weight is 522 g/mol. The fourth-order valence-corrected chi connectivity index (χ4v) is 10.0. The Hall–Kier alpha value is -3.53. The van der Waals surface area contributed by atoms with Gasteiger partial charge in [-0.05, 0) is 64.1 Å². The van der Waals surface area contributed by atoms with E-state index in [1.165, 1.54) is 0 Å². The summed E-state index contributed by atoms with van der Waals surface area (Å²) in [5.41, 5.74) is 3.39. The Morgan fingerprint density at radius 2 is 1.08 bits per heavy atom. The molecule has 8 rings (SSSR count). The molecular formula is C32H28NO4P. The van der Waals surface area contributed by atoms with Crippen molar-refractivity contribution in [3.05, 3.63) is 107 Å². The van der Waals surface area contributed by atoms with Gasteiger partial charge < -0.3 is 18.7 Å². The molecule has 1 spiro atoms. The largest absolute Gasteiger partial charge is 0.471 e. The third-order valence-electron chi connectivity index (χ3n) is 8.20. The molecule has 4 aliphatic rings. The van der Waals surface area contributed by atoms with Gasteiger partial charge >= 0.3 is 0 Å². The van der Waals surface area contributed by atoms with Gasteiger partial charge in [-0.1, -0.05) is 48.5 Å². The standard InChI is InChI=1S/C32H28NO4P/c1-19(2)33(20(3)4)38-32-22-12-6-8-14-24(22)35-26-16-10-18-28(37-38)30(26)31(32)21-11-5-7-13-23(21)34-25-15-9-17-27(36-32)29(25)31/h5-20H,1-4H3/t31-,32?,38?/m0/s1. The first-order valence-electron chi connectivity index (χ1n) is 13.3. The highest BCUT2D eigenvalue weighted by Crippen LogP contribution is 2.83. The highest BCUT2D eigenvalue weighted by atomic mass is 31.2. The van der Waals surface area contributed by atoms with E-state index in [0.717, 1.165) is 56.8 Å². The van der Waals surface area contributed by atoms with Crippen molar-refractivity contribution >= 4 is 8.30 Å². The zero-order valence-electron chi connectivity index (χ0n) is 21.8. The second-order valence-electron chi connectivity index (χ2n) is 10.9. The van der Waals surface area contributed by atoms with Gasteiger partial charge in [0, 0.05) is 23.2 Å². The number of ether oxygens (including phenoxy) is 3. The highest BCUT2D eigenvalue weighted by molar-refractivity contribution is 7.52. The monoisotopic (exact) mass is 521 g/mol. The van der Waals surface area contributed by atoms with Crippen LogP contribution < -0.4 is 18.7 Å². The van der Waals surface area contributed by atoms with Gasteiger partial charge in [-0.15, -0.1) is 0 Å². The fraction of sp³-hybridized carbons (Fsp3) is 0.250. The van der Waals surface area contributed by atoms with Crippen molar-refractivity contribution in [1.82, 2.24) is 4.67 Å². The van der Waals surface area contributed by atoms with Gasteiger partial charge in [0.05, 0.1) is 11.1 Å². The summed E-state index contributed by atoms with van der Waals surface area (Å²) < 4.78 is 30.5. The van der Waals surface area contributed by atoms with Crippen LogP contribution in [-0.4, -0.2) is 16.8 Å². The summed E-state index contributed by atoms with van der Waals surface area (Å²) in [5.74, 6) is 4.92. The second kappa shape index (κ2) is 7.53. The van der Waals surface area contributed by atoms with Crippen molar-refractivity contribution in [3.8, 4) is 34.5 Å². The van der Waals surface area contributed by atoms with E-state index in [2.05, 4.69) is 93.0 Å². The summed E-state index contributed by atoms with van der Waals surface area (Å²) in [7, 11) is -1.41. The molecule has 0 saturated heterocycles. The molecule has 4 heterocycles. The van der Waals surface area contributed by atoms with E-state index in [9.17, 15) is 0 Å². The zero-order chi connectivity index (χ0) is 25.8. The number of benzene rings is 4. The minimum atomic E-state index is -1.41. The molecule has 0 aromatic heterocycles. The number of rotatable bonds is 3. The summed E-state index contributed by atoms with van der Waals surface area (Å²) in [6.07, 6.45) is 0. The van der Waals surface area contributed by atoms with Crippen LogP contribution in [0.1, 0.15) is 49.9 Å². The molecule has 4 aliphatic heterocycles. The van der Waals surface area contributed by atoms with Crippen LogP contribution in [0.15, 0.2) is 84.9 Å². The minimum absolute atomic E-state index is 0.218. The van der Waals surface area contributed by atoms with Crippen molar-refractivity contribution in [1.29, 1.82) is 0 Å². The van der Waals surface area contributed by atoms with Crippen LogP contribution in [0.2, 0.25) is 0 Å². The molecule has 0 radical (unpaired) electrons. The molecule has 4 aromatic carbocycles. The smallest absolute Gasteiger partial charge is 0.224 e. The summed E-state index contributed by atoms with van der Waals surface area (Å²) in [6, 6.07) is 29.5. The molecule has 3 atom stereocenters. The van der Waals surface area contributed by atoms with Gasteiger partial charge in [0.15, 0.2) is 0 Å². The van der Waals surface area contributed by atoms with Crippen LogP contribution in [0.5, 0.6) is 34.5 Å². The van der Waals surface area contributed by atoms with Crippen LogP contribution in [0.4, 0.5) is 0 Å². The summed E-state index contributed by atoms with van der Waals surface area (Å²) in [5, 5.41) is -0.925. The lowest BCUT2D eigenvalue weighted by molar-refractivity contribution is 0.104. The number of nitrogens with zero attached hydrogens (tertiary/aromatic N) is 1. The molecule has 0 fully saturated rings. The molecule has 38 heavy (non-hydrogen) atoms. The lowest BCUT2D eigenvalue weighted by Crippen LogP contribution is -2.56. The first kappa shape index (κ1) is 22.5. The van der Waals surface area contributed by atoms with E-state index in [-0.39, 0.29) is 12.1 Å². The highest BCUT2D eigenvalue weighted by Gasteiger charge is 2.77. The van der Waals surface area contributed by atoms with E-state index >= 15 is 0 Å². The maximum Gasteiger partial charge on any atom is 0.224 e. The van der Waals surface area contributed by atoms with E-state index in [4.69, 9.17) is 18.7 Å². The Balaban J connectivity index is 1.64. The third kappa shape index (κ3) is 2.45. The quantitative estimate of drug-likeness (QED) is 0.254. The van der Waals surface area contributed by atoms with E-state index in [1.54, 1.807) is 0 Å². The Morgan fingerprint density at radius 3 is 1.74 bits per heavy atom. The predicted octanol–water partition coefficient (Wildman–Crippen LogP) is 8.30. The lowest BCUT2D eigenvalue weighted by Gasteiger charge is -2.55. The Morgan fingerprint density at radius 1 is 0.579 bits per heavy atom. The Labute approximate surface area is 223 Å². The van der Waals surface area contributed by atoms with Crippen molar-refractivity contribution in [2.24, 2.45) is 0 Å². The Bertz CT molecular complexity index is 1630. The molecule has 2 unspecified atom stereocenters. The van der Waals surface area contributed by atoms with Crippen LogP contribution in [-0.2, 0) is 10.8 Å². The summed E-state index contributed by atoms with van der Waals surface area (Å²) >= 11 is 0. The fourth-order valence-electron chi connectivity index (χ4n) is 7.11. The Kier molecular flexibility index (Phi) is 4.45. The number of hydrogen-bond donors (Lipinski definition) is 0. The second-order valence-corrected chi connectivity index (χ2v) is 12.7. The molecule has 5 nitrogen and oxygen atoms in total. The summed E-state index contributed by atoms with van der Waals surface area (Å²) in [6.45, 7) is 8.97. The molecule has 0 amide bonds. The van der Waals surface area contributed by atoms with Crippen molar-refractivity contribution in [3.63, 3.8) is 0 Å². The van der Waals surface area contributed by atoms with Crippen LogP contribution in [0.3, 0.4) is 0 Å². The molecule has 0 aliphatic carbocycles. The number of para-hydroxylation sites is 2. The van der Waals surface area contributed by atoms with Gasteiger partial charge in [0.2, 0.25) is 13.6 Å². The molecule has 6 heteroatoms. The van der Waals surface area contributed by atoms with E-state index in [1.807, 2.05) is 24.3 Å². The zero-order valence-corrected chi connectivity index (χ0v) is 22.7. The molecular weight excluding hydrogens is 493 g/mol. The van der Waals surface area contributed by atoms with Crippen LogP contribution >= 0.6 is 8.30 Å². The average Bonchev–Trinajstić information content (AvgIpc) is 3.19. The number of hydrogen-bond acceptors (Lipinski definition) is 5. The van der Waals surface area contributed by atoms with E-state index in [0.29, 0.717) is 0 Å². The first-order chi connectivity index (χ1) is 18.5. The van der Waals surface area contributed by atoms with Crippen LogP contribution in [0.25, 0.3) is 0 Å². The molecule has 2 bridgehead atoms. The van der Waals surface area contributed by atoms with Crippen molar-refractivity contribution in [2.75, 3.05) is 0 Å². The van der Waals surface area contributed by atoms with Crippen molar-refractivity contribution < 1.29 is 18.7 Å². The lowest BCUT2D eigenvalue weighted by atomic mass is 9.63. The van der Waals surface area contributed by atoms with Gasteiger partial charge in [-0.3, -0.25) is 0 Å². The minimum Gasteiger partial charge on any atom is -0.471 e. The normalized spacial score (nSPS) is 24.8. The van der Waals surface area contributed by atoms with Gasteiger partial charge in [-0.2, -0.15) is 0 Å². The first-order valence-corrected chi connectivity index (χ1v) is 14.5. The van der Waals surface area contributed by atoms with E-state index < -0.39 is 19.1 Å². The van der Waals surface area contributed by atoms with Crippen LogP contribution in [0, 0.1) is 0 Å². The molecule has 190 valence electrons. The maximum atomic E-state index is 7.42. The van der Waals surface area contributed by atoms with Gasteiger partial charge in [0.1, 0.15) is 39.9 Å². The third-order valence-corrected chi connectivity index (χ3v) is 11.1. The van der Waals surface area contributed by atoms with Gasteiger partial charge in [-0.25, -0.2) is 4.67 Å². The SMILES string of the molecule is CC(C)N(C(C)C)P1Oc2cccc3c2[C@]24c5ccccc5Oc5cccc(c52)OC14c1ccccc1O3. The van der Waals surface area contributed by atoms with Crippen molar-refractivity contribution in [2.45, 2.75) is 50.5 Å². The maximum absolute atomic E-state index is 7.42. The van der Waals surface area contributed by atoms with Gasteiger partial charge in [0.25, 0.3) is 0 Å². The predicted molar refractivity (Wildman–Crippen MR) is 148 cm³/mol. The summed E-state index contributed by atoms with van der Waals surface area (Å²) in [4.78, 5) is 0. The molecule has 0 saturated carbocycles. The topological polar surface area (TPSA) is 40.2 Å². The number of fused-ring (bicyclic) bond motifs is 2. The molecule has 0 N–H and O–H groups in total.